The fraction of sp³-hybridized carbons (Fsp3) is 0.238. The van der Waals surface area contributed by atoms with Crippen molar-refractivity contribution in [3.05, 3.63) is 63.7 Å². The largest absolute Gasteiger partial charge is 0.496 e. The lowest BCUT2D eigenvalue weighted by Crippen LogP contribution is -2.09. The Morgan fingerprint density at radius 2 is 1.45 bits per heavy atom. The van der Waals surface area contributed by atoms with Gasteiger partial charge in [0.2, 0.25) is 0 Å². The number of methoxy groups -OCH3 is 2. The van der Waals surface area contributed by atoms with E-state index in [0.717, 1.165) is 24.3 Å². The Morgan fingerprint density at radius 1 is 0.966 bits per heavy atom. The van der Waals surface area contributed by atoms with Gasteiger partial charge in [0.05, 0.1) is 30.9 Å². The van der Waals surface area contributed by atoms with Gasteiger partial charge in [-0.2, -0.15) is 13.2 Å². The summed E-state index contributed by atoms with van der Waals surface area (Å²) in [6.07, 6.45) is -1.93. The fourth-order valence-electron chi connectivity index (χ4n) is 3.09. The predicted molar refractivity (Wildman–Crippen MR) is 101 cm³/mol. The van der Waals surface area contributed by atoms with Gasteiger partial charge in [0, 0.05) is 16.7 Å². The van der Waals surface area contributed by atoms with Gasteiger partial charge in [0.15, 0.2) is 5.78 Å². The molecule has 8 heteroatoms. The van der Waals surface area contributed by atoms with E-state index in [9.17, 15) is 27.9 Å². The summed E-state index contributed by atoms with van der Waals surface area (Å²) in [5.74, 6) is -1.23. The predicted octanol–water partition coefficient (Wildman–Crippen LogP) is 4.93. The van der Waals surface area contributed by atoms with Crippen molar-refractivity contribution in [2.24, 2.45) is 0 Å². The van der Waals surface area contributed by atoms with Crippen LogP contribution in [0, 0.1) is 13.8 Å². The maximum Gasteiger partial charge on any atom is 0.416 e. The van der Waals surface area contributed by atoms with E-state index in [1.54, 1.807) is 13.8 Å². The third-order valence-electron chi connectivity index (χ3n) is 4.44. The van der Waals surface area contributed by atoms with Gasteiger partial charge in [0.25, 0.3) is 0 Å². The van der Waals surface area contributed by atoms with Gasteiger partial charge < -0.3 is 14.6 Å². The zero-order valence-electron chi connectivity index (χ0n) is 16.2. The zero-order valence-corrected chi connectivity index (χ0v) is 16.2. The number of carboxylic acid groups (broad SMARTS) is 1. The van der Waals surface area contributed by atoms with Gasteiger partial charge in [-0.3, -0.25) is 4.79 Å². The molecule has 2 rings (SSSR count). The number of ether oxygens (including phenoxy) is 2. The first-order valence-electron chi connectivity index (χ1n) is 8.41. The van der Waals surface area contributed by atoms with Gasteiger partial charge in [-0.05, 0) is 38.1 Å². The van der Waals surface area contributed by atoms with Gasteiger partial charge in [-0.25, -0.2) is 4.79 Å². The standard InChI is InChI=1S/C21H19F3O5/c1-11-17(20(26)27)12(2)19(29-4)15(18(11)28-3)9-10-16(25)13-5-7-14(8-6-13)21(22,23)24/h5-10H,1-4H3,(H,26,27). The summed E-state index contributed by atoms with van der Waals surface area (Å²) in [5.41, 5.74) is 0.333. The van der Waals surface area contributed by atoms with Crippen LogP contribution in [0.4, 0.5) is 13.2 Å². The molecule has 0 aliphatic heterocycles. The van der Waals surface area contributed by atoms with E-state index in [-0.39, 0.29) is 22.6 Å². The Labute approximate surface area is 165 Å². The highest BCUT2D eigenvalue weighted by molar-refractivity contribution is 6.07. The highest BCUT2D eigenvalue weighted by Crippen LogP contribution is 2.39. The van der Waals surface area contributed by atoms with Gasteiger partial charge in [-0.15, -0.1) is 0 Å². The van der Waals surface area contributed by atoms with E-state index in [1.807, 2.05) is 0 Å². The number of carboxylic acids is 1. The lowest BCUT2D eigenvalue weighted by atomic mass is 9.95. The van der Waals surface area contributed by atoms with Crippen LogP contribution in [0.2, 0.25) is 0 Å². The van der Waals surface area contributed by atoms with Crippen LogP contribution in [-0.4, -0.2) is 31.1 Å². The van der Waals surface area contributed by atoms with Gasteiger partial charge in [-0.1, -0.05) is 12.1 Å². The molecule has 0 heterocycles. The number of alkyl halides is 3. The quantitative estimate of drug-likeness (QED) is 0.542. The molecule has 0 fully saturated rings. The lowest BCUT2D eigenvalue weighted by Gasteiger charge is -2.18. The molecule has 0 amide bonds. The molecule has 2 aromatic rings. The van der Waals surface area contributed by atoms with Crippen molar-refractivity contribution in [3.8, 4) is 11.5 Å². The molecule has 0 saturated heterocycles. The first-order valence-corrected chi connectivity index (χ1v) is 8.41. The summed E-state index contributed by atoms with van der Waals surface area (Å²) in [6, 6.07) is 3.85. The van der Waals surface area contributed by atoms with Crippen LogP contribution < -0.4 is 9.47 Å². The van der Waals surface area contributed by atoms with E-state index in [4.69, 9.17) is 9.47 Å². The molecule has 29 heavy (non-hydrogen) atoms. The van der Waals surface area contributed by atoms with Gasteiger partial charge in [0.1, 0.15) is 11.5 Å². The molecule has 0 aliphatic carbocycles. The van der Waals surface area contributed by atoms with E-state index >= 15 is 0 Å². The minimum absolute atomic E-state index is 0.0323. The summed E-state index contributed by atoms with van der Waals surface area (Å²) >= 11 is 0. The van der Waals surface area contributed by atoms with E-state index < -0.39 is 23.5 Å². The van der Waals surface area contributed by atoms with Gasteiger partial charge >= 0.3 is 12.1 Å². The number of hydrogen-bond donors (Lipinski definition) is 1. The second-order valence-corrected chi connectivity index (χ2v) is 6.18. The summed E-state index contributed by atoms with van der Waals surface area (Å²) in [5, 5.41) is 9.46. The smallest absolute Gasteiger partial charge is 0.416 e. The van der Waals surface area contributed by atoms with Crippen molar-refractivity contribution < 1.29 is 37.3 Å². The summed E-state index contributed by atoms with van der Waals surface area (Å²) < 4.78 is 48.6. The van der Waals surface area contributed by atoms with Crippen molar-refractivity contribution in [2.45, 2.75) is 20.0 Å². The van der Waals surface area contributed by atoms with Crippen molar-refractivity contribution in [1.82, 2.24) is 0 Å². The molecule has 1 N–H and O–H groups in total. The number of carbonyl (C=O) groups excluding carboxylic acids is 1. The molecule has 2 aromatic carbocycles. The van der Waals surface area contributed by atoms with E-state index in [2.05, 4.69) is 0 Å². The Bertz CT molecular complexity index is 942. The third kappa shape index (κ3) is 4.42. The summed E-state index contributed by atoms with van der Waals surface area (Å²) in [7, 11) is 2.72. The molecule has 5 nitrogen and oxygen atoms in total. The minimum atomic E-state index is -4.49. The molecule has 0 bridgehead atoms. The number of halogens is 3. The summed E-state index contributed by atoms with van der Waals surface area (Å²) in [6.45, 7) is 3.15. The second kappa shape index (κ2) is 8.38. The maximum atomic E-state index is 12.7. The fourth-order valence-corrected chi connectivity index (χ4v) is 3.09. The second-order valence-electron chi connectivity index (χ2n) is 6.18. The zero-order chi connectivity index (χ0) is 21.9. The molecular formula is C21H19F3O5. The number of ketones is 1. The van der Waals surface area contributed by atoms with Crippen molar-refractivity contribution in [3.63, 3.8) is 0 Å². The first kappa shape index (κ1) is 22.0. The van der Waals surface area contributed by atoms with Crippen molar-refractivity contribution in [1.29, 1.82) is 0 Å². The van der Waals surface area contributed by atoms with E-state index in [0.29, 0.717) is 16.7 Å². The average molecular weight is 408 g/mol. The minimum Gasteiger partial charge on any atom is -0.496 e. The molecule has 0 aliphatic rings. The monoisotopic (exact) mass is 408 g/mol. The van der Waals surface area contributed by atoms with Crippen LogP contribution in [0.25, 0.3) is 6.08 Å². The number of hydrogen-bond acceptors (Lipinski definition) is 4. The SMILES string of the molecule is COc1c(C)c(C(=O)O)c(C)c(OC)c1C=CC(=O)c1ccc(C(F)(F)F)cc1. The van der Waals surface area contributed by atoms with Crippen molar-refractivity contribution >= 4 is 17.8 Å². The van der Waals surface area contributed by atoms with Crippen LogP contribution in [-0.2, 0) is 6.18 Å². The molecule has 0 spiro atoms. The molecule has 0 saturated carbocycles. The number of carbonyl (C=O) groups is 2. The Balaban J connectivity index is 2.49. The normalized spacial score (nSPS) is 11.6. The van der Waals surface area contributed by atoms with Crippen LogP contribution in [0.3, 0.4) is 0 Å². The Kier molecular flexibility index (Phi) is 6.36. The highest BCUT2D eigenvalue weighted by atomic mass is 19.4. The third-order valence-corrected chi connectivity index (χ3v) is 4.44. The number of aromatic carboxylic acids is 1. The molecule has 0 atom stereocenters. The van der Waals surface area contributed by atoms with Crippen molar-refractivity contribution in [2.75, 3.05) is 14.2 Å². The number of benzene rings is 2. The lowest BCUT2D eigenvalue weighted by molar-refractivity contribution is -0.137. The molecule has 0 unspecified atom stereocenters. The molecule has 154 valence electrons. The highest BCUT2D eigenvalue weighted by Gasteiger charge is 2.30. The van der Waals surface area contributed by atoms with Crippen LogP contribution in [0.1, 0.15) is 43.0 Å². The molecular weight excluding hydrogens is 389 g/mol. The first-order chi connectivity index (χ1) is 13.5. The van der Waals surface area contributed by atoms with Crippen LogP contribution in [0.5, 0.6) is 11.5 Å². The van der Waals surface area contributed by atoms with Crippen LogP contribution in [0.15, 0.2) is 30.3 Å². The van der Waals surface area contributed by atoms with E-state index in [1.165, 1.54) is 26.4 Å². The topological polar surface area (TPSA) is 72.8 Å². The average Bonchev–Trinajstić information content (AvgIpc) is 2.65. The van der Waals surface area contributed by atoms with Crippen LogP contribution >= 0.6 is 0 Å². The summed E-state index contributed by atoms with van der Waals surface area (Å²) in [4.78, 5) is 24.0. The number of allylic oxidation sites excluding steroid dienone is 1. The maximum absolute atomic E-state index is 12.7. The molecule has 0 radical (unpaired) electrons. The Morgan fingerprint density at radius 3 is 1.83 bits per heavy atom. The molecule has 0 aromatic heterocycles. The Hall–Kier alpha value is -3.29. The number of rotatable bonds is 6.